The summed E-state index contributed by atoms with van der Waals surface area (Å²) in [5.74, 6) is 2.70. The molecule has 5 nitrogen and oxygen atoms in total. The van der Waals surface area contributed by atoms with Crippen LogP contribution in [0.15, 0.2) is 59.3 Å². The summed E-state index contributed by atoms with van der Waals surface area (Å²) in [6.45, 7) is 15.8. The van der Waals surface area contributed by atoms with Crippen molar-refractivity contribution < 1.29 is 14.3 Å². The van der Waals surface area contributed by atoms with Crippen LogP contribution in [0.1, 0.15) is 106 Å². The highest BCUT2D eigenvalue weighted by molar-refractivity contribution is 6.02. The molecule has 1 heterocycles. The lowest BCUT2D eigenvalue weighted by Crippen LogP contribution is -2.61. The normalized spacial score (nSPS) is 37.5. The summed E-state index contributed by atoms with van der Waals surface area (Å²) in [7, 11) is 0. The summed E-state index contributed by atoms with van der Waals surface area (Å²) in [6.07, 6.45) is 12.5. The van der Waals surface area contributed by atoms with Gasteiger partial charge in [-0.05, 0) is 90.2 Å². The van der Waals surface area contributed by atoms with Crippen LogP contribution in [0, 0.1) is 39.9 Å². The molecule has 0 radical (unpaired) electrons. The zero-order valence-electron chi connectivity index (χ0n) is 27.8. The van der Waals surface area contributed by atoms with Crippen LogP contribution >= 0.6 is 0 Å². The number of allylic oxidation sites excluding steroid dienone is 4. The molecule has 1 aromatic carbocycles. The van der Waals surface area contributed by atoms with Crippen LogP contribution in [-0.2, 0) is 19.7 Å². The van der Waals surface area contributed by atoms with Gasteiger partial charge in [0.2, 0.25) is 0 Å². The SMILES string of the molecule is CC(=O)O[C@H]1CC[C@]2(C)[C@H]3CC[C@H]4C(=CC[C@@]5(c6ncc(-c7ccccc7)[nH]6)CC(=O)C(C(C)C)=C45)[C@]3(C)CC[C@H]2C1(C)C. The number of imidazole rings is 1. The first kappa shape index (κ1) is 29.7. The topological polar surface area (TPSA) is 72.0 Å². The molecule has 0 saturated heterocycles. The number of nitrogens with zero attached hydrogens (tertiary/aromatic N) is 1. The molecule has 3 saturated carbocycles. The van der Waals surface area contributed by atoms with Gasteiger partial charge in [-0.15, -0.1) is 0 Å². The van der Waals surface area contributed by atoms with Gasteiger partial charge in [-0.3, -0.25) is 9.59 Å². The Labute approximate surface area is 263 Å². The number of esters is 1. The van der Waals surface area contributed by atoms with E-state index in [-0.39, 0.29) is 39.7 Å². The molecule has 234 valence electrons. The maximum absolute atomic E-state index is 13.9. The molecule has 5 aliphatic rings. The summed E-state index contributed by atoms with van der Waals surface area (Å²) >= 11 is 0. The van der Waals surface area contributed by atoms with E-state index in [4.69, 9.17) is 9.72 Å². The number of aromatic amines is 1. The van der Waals surface area contributed by atoms with Gasteiger partial charge >= 0.3 is 5.97 Å². The predicted molar refractivity (Wildman–Crippen MR) is 174 cm³/mol. The molecule has 0 amide bonds. The van der Waals surface area contributed by atoms with Gasteiger partial charge in [0.15, 0.2) is 5.78 Å². The number of ketones is 1. The Morgan fingerprint density at radius 1 is 1.00 bits per heavy atom. The minimum atomic E-state index is -0.383. The number of carbonyl (C=O) groups is 2. The van der Waals surface area contributed by atoms with Crippen molar-refractivity contribution in [2.45, 2.75) is 111 Å². The van der Waals surface area contributed by atoms with Crippen LogP contribution in [0.2, 0.25) is 0 Å². The van der Waals surface area contributed by atoms with Gasteiger partial charge in [0.05, 0.1) is 17.3 Å². The lowest BCUT2D eigenvalue weighted by Gasteiger charge is -2.67. The third kappa shape index (κ3) is 4.06. The second-order valence-electron chi connectivity index (χ2n) is 16.2. The van der Waals surface area contributed by atoms with Crippen LogP contribution in [-0.4, -0.2) is 27.8 Å². The average Bonchev–Trinajstić information content (AvgIpc) is 3.58. The first-order valence-electron chi connectivity index (χ1n) is 17.1. The second kappa shape index (κ2) is 10.0. The lowest BCUT2D eigenvalue weighted by atomic mass is 9.38. The fourth-order valence-electron chi connectivity index (χ4n) is 11.6. The largest absolute Gasteiger partial charge is 0.462 e. The second-order valence-corrected chi connectivity index (χ2v) is 16.2. The van der Waals surface area contributed by atoms with Gasteiger partial charge in [-0.2, -0.15) is 0 Å². The van der Waals surface area contributed by atoms with Crippen molar-refractivity contribution >= 4 is 11.8 Å². The van der Waals surface area contributed by atoms with Crippen LogP contribution in [0.4, 0.5) is 0 Å². The number of hydrogen-bond donors (Lipinski definition) is 1. The van der Waals surface area contributed by atoms with Crippen molar-refractivity contribution in [1.29, 1.82) is 0 Å². The number of rotatable bonds is 4. The number of aromatic nitrogens is 2. The molecule has 44 heavy (non-hydrogen) atoms. The van der Waals surface area contributed by atoms with E-state index in [0.717, 1.165) is 61.2 Å². The molecule has 2 aromatic rings. The number of fused-ring (bicyclic) bond motifs is 7. The van der Waals surface area contributed by atoms with Gasteiger partial charge in [0, 0.05) is 24.7 Å². The van der Waals surface area contributed by atoms with E-state index in [2.05, 4.69) is 76.9 Å². The maximum Gasteiger partial charge on any atom is 0.302 e. The number of benzene rings is 1. The van der Waals surface area contributed by atoms with Gasteiger partial charge in [0.25, 0.3) is 0 Å². The molecular formula is C39H50N2O3. The van der Waals surface area contributed by atoms with E-state index in [1.165, 1.54) is 12.0 Å². The fraction of sp³-hybridized carbons (Fsp3) is 0.615. The zero-order chi connectivity index (χ0) is 31.2. The maximum atomic E-state index is 13.9. The fourth-order valence-corrected chi connectivity index (χ4v) is 11.6. The van der Waals surface area contributed by atoms with Crippen molar-refractivity contribution in [1.82, 2.24) is 9.97 Å². The number of carbonyl (C=O) groups excluding carboxylic acids is 2. The number of hydrogen-bond acceptors (Lipinski definition) is 4. The van der Waals surface area contributed by atoms with Crippen molar-refractivity contribution in [3.8, 4) is 11.3 Å². The van der Waals surface area contributed by atoms with Crippen molar-refractivity contribution in [2.75, 3.05) is 0 Å². The Morgan fingerprint density at radius 2 is 1.75 bits per heavy atom. The summed E-state index contributed by atoms with van der Waals surface area (Å²) in [5.41, 5.74) is 6.06. The molecule has 5 aliphatic carbocycles. The number of ether oxygens (including phenoxy) is 1. The Balaban J connectivity index is 1.29. The molecule has 1 aromatic heterocycles. The zero-order valence-corrected chi connectivity index (χ0v) is 27.8. The third-order valence-corrected chi connectivity index (χ3v) is 13.4. The Hall–Kier alpha value is -2.95. The smallest absolute Gasteiger partial charge is 0.302 e. The highest BCUT2D eigenvalue weighted by atomic mass is 16.5. The van der Waals surface area contributed by atoms with Crippen molar-refractivity contribution in [3.05, 3.63) is 65.1 Å². The van der Waals surface area contributed by atoms with Crippen LogP contribution in [0.5, 0.6) is 0 Å². The van der Waals surface area contributed by atoms with E-state index >= 15 is 0 Å². The first-order valence-corrected chi connectivity index (χ1v) is 17.1. The molecular weight excluding hydrogens is 544 g/mol. The molecule has 0 aliphatic heterocycles. The molecule has 0 bridgehead atoms. The minimum absolute atomic E-state index is 0.00869. The van der Waals surface area contributed by atoms with Gasteiger partial charge in [-0.25, -0.2) is 4.98 Å². The van der Waals surface area contributed by atoms with Gasteiger partial charge in [0.1, 0.15) is 11.9 Å². The van der Waals surface area contributed by atoms with Crippen molar-refractivity contribution in [3.63, 3.8) is 0 Å². The molecule has 7 atom stereocenters. The molecule has 7 rings (SSSR count). The monoisotopic (exact) mass is 594 g/mol. The third-order valence-electron chi connectivity index (χ3n) is 13.4. The van der Waals surface area contributed by atoms with Crippen molar-refractivity contribution in [2.24, 2.45) is 39.9 Å². The Kier molecular flexibility index (Phi) is 6.78. The molecule has 1 N–H and O–H groups in total. The van der Waals surface area contributed by atoms with Crippen LogP contribution < -0.4 is 0 Å². The number of nitrogens with one attached hydrogen (secondary N) is 1. The van der Waals surface area contributed by atoms with Crippen LogP contribution in [0.25, 0.3) is 11.3 Å². The predicted octanol–water partition coefficient (Wildman–Crippen LogP) is 8.77. The van der Waals surface area contributed by atoms with Gasteiger partial charge in [-0.1, -0.05) is 83.5 Å². The van der Waals surface area contributed by atoms with E-state index in [0.29, 0.717) is 30.0 Å². The van der Waals surface area contributed by atoms with E-state index in [9.17, 15) is 9.59 Å². The Morgan fingerprint density at radius 3 is 2.45 bits per heavy atom. The summed E-state index contributed by atoms with van der Waals surface area (Å²) in [4.78, 5) is 34.7. The summed E-state index contributed by atoms with van der Waals surface area (Å²) in [6, 6.07) is 10.4. The van der Waals surface area contributed by atoms with E-state index in [1.54, 1.807) is 12.5 Å². The Bertz CT molecular complexity index is 1560. The molecule has 5 heteroatoms. The van der Waals surface area contributed by atoms with Crippen LogP contribution in [0.3, 0.4) is 0 Å². The number of H-pyrrole nitrogens is 1. The lowest BCUT2D eigenvalue weighted by molar-refractivity contribution is -0.192. The molecule has 0 spiro atoms. The standard InChI is InChI=1S/C39H50N2O3/c1-23(2)33-29(43)21-39(35-40-22-28(41-35)25-11-9-8-10-12-25)20-15-27-26(34(33)39)13-14-31-37(27,6)18-16-30-36(4,5)32(44-24(3)42)17-19-38(30,31)7/h8-12,15,22-23,26,30-32H,13-14,16-21H2,1-7H3,(H,40,41)/t26-,30-,31-,32-,37-,38-,39+/m0/s1. The average molecular weight is 595 g/mol. The summed E-state index contributed by atoms with van der Waals surface area (Å²) in [5, 5.41) is 0. The molecule has 3 fully saturated rings. The molecule has 0 unspecified atom stereocenters. The quantitative estimate of drug-likeness (QED) is 0.284. The van der Waals surface area contributed by atoms with Gasteiger partial charge < -0.3 is 9.72 Å². The van der Waals surface area contributed by atoms with E-state index < -0.39 is 0 Å². The number of Topliss-reactive ketones (excluding diaryl/α,β-unsaturated/α-hetero) is 1. The highest BCUT2D eigenvalue weighted by Crippen LogP contribution is 2.72. The highest BCUT2D eigenvalue weighted by Gasteiger charge is 2.65. The van der Waals surface area contributed by atoms with E-state index in [1.807, 2.05) is 12.3 Å². The summed E-state index contributed by atoms with van der Waals surface area (Å²) < 4.78 is 5.92. The first-order chi connectivity index (χ1) is 20.8. The minimum Gasteiger partial charge on any atom is -0.462 e.